The molecule has 0 bridgehead atoms. The summed E-state index contributed by atoms with van der Waals surface area (Å²) in [7, 11) is -3.76. The summed E-state index contributed by atoms with van der Waals surface area (Å²) in [4.78, 5) is 0.261. The molecule has 32 heavy (non-hydrogen) atoms. The largest absolute Gasteiger partial charge is 0.491 e. The van der Waals surface area contributed by atoms with Gasteiger partial charge in [-0.2, -0.15) is 0 Å². The van der Waals surface area contributed by atoms with Gasteiger partial charge in [-0.05, 0) is 37.1 Å². The zero-order chi connectivity index (χ0) is 22.6. The van der Waals surface area contributed by atoms with E-state index in [0.29, 0.717) is 18.8 Å². The van der Waals surface area contributed by atoms with Crippen molar-refractivity contribution in [3.8, 4) is 0 Å². The summed E-state index contributed by atoms with van der Waals surface area (Å²) in [6.45, 7) is 4.64. The molecule has 4 rings (SSSR count). The van der Waals surface area contributed by atoms with Crippen molar-refractivity contribution in [3.05, 3.63) is 113 Å². The van der Waals surface area contributed by atoms with Gasteiger partial charge in [-0.15, -0.1) is 0 Å². The maximum absolute atomic E-state index is 13.5. The molecule has 5 heteroatoms. The molecule has 0 saturated heterocycles. The first-order chi connectivity index (χ1) is 15.4. The summed E-state index contributed by atoms with van der Waals surface area (Å²) in [5.41, 5.74) is 5.13. The fraction of sp³-hybridized carbons (Fsp3) is 0.185. The van der Waals surface area contributed by atoms with Crippen LogP contribution in [0.4, 0.5) is 0 Å². The highest BCUT2D eigenvalue weighted by molar-refractivity contribution is 7.89. The minimum Gasteiger partial charge on any atom is -0.491 e. The zero-order valence-electron chi connectivity index (χ0n) is 18.4. The molecule has 1 heterocycles. The van der Waals surface area contributed by atoms with Crippen LogP contribution >= 0.6 is 0 Å². The summed E-state index contributed by atoms with van der Waals surface area (Å²) in [6.07, 6.45) is 4.29. The third-order valence-electron chi connectivity index (χ3n) is 5.52. The standard InChI is InChI=1S/C27H27NO3S/c1-21-8-12-25(13-9-21)27-20-28(32(29,30)26-14-10-22(2)11-15-26)18-16-24(17-19-31-27)23-6-4-3-5-7-23/h3-16,20H,17-19H2,1-2H3/b24-16+,27-20-. The number of hydrogen-bond acceptors (Lipinski definition) is 3. The molecule has 0 amide bonds. The lowest BCUT2D eigenvalue weighted by Gasteiger charge is -2.21. The highest BCUT2D eigenvalue weighted by Crippen LogP contribution is 2.27. The predicted octanol–water partition coefficient (Wildman–Crippen LogP) is 5.80. The maximum Gasteiger partial charge on any atom is 0.264 e. The van der Waals surface area contributed by atoms with Crippen LogP contribution < -0.4 is 0 Å². The first-order valence-electron chi connectivity index (χ1n) is 10.7. The molecule has 1 aliphatic rings. The molecule has 0 atom stereocenters. The van der Waals surface area contributed by atoms with Crippen LogP contribution in [0.15, 0.2) is 96.0 Å². The molecule has 0 unspecified atom stereocenters. The molecule has 164 valence electrons. The highest BCUT2D eigenvalue weighted by Gasteiger charge is 2.23. The molecule has 3 aromatic carbocycles. The number of rotatable bonds is 4. The minimum atomic E-state index is -3.76. The molecular weight excluding hydrogens is 418 g/mol. The van der Waals surface area contributed by atoms with Gasteiger partial charge in [-0.3, -0.25) is 4.31 Å². The van der Waals surface area contributed by atoms with Crippen molar-refractivity contribution in [3.63, 3.8) is 0 Å². The van der Waals surface area contributed by atoms with E-state index in [1.54, 1.807) is 18.3 Å². The van der Waals surface area contributed by atoms with Gasteiger partial charge in [0.2, 0.25) is 0 Å². The van der Waals surface area contributed by atoms with Crippen molar-refractivity contribution in [1.29, 1.82) is 0 Å². The van der Waals surface area contributed by atoms with E-state index in [2.05, 4.69) is 0 Å². The van der Waals surface area contributed by atoms with E-state index in [-0.39, 0.29) is 11.4 Å². The summed E-state index contributed by atoms with van der Waals surface area (Å²) in [5.74, 6) is 0.545. The molecule has 0 fully saturated rings. The van der Waals surface area contributed by atoms with E-state index in [1.807, 2.05) is 86.7 Å². The molecule has 4 nitrogen and oxygen atoms in total. The number of aryl methyl sites for hydroxylation is 2. The third-order valence-corrected chi connectivity index (χ3v) is 7.26. The second-order valence-corrected chi connectivity index (χ2v) is 9.83. The molecule has 1 aliphatic heterocycles. The van der Waals surface area contributed by atoms with Crippen molar-refractivity contribution < 1.29 is 13.2 Å². The quantitative estimate of drug-likeness (QED) is 0.510. The minimum absolute atomic E-state index is 0.221. The lowest BCUT2D eigenvalue weighted by atomic mass is 10.0. The molecule has 0 N–H and O–H groups in total. The van der Waals surface area contributed by atoms with Gasteiger partial charge in [-0.25, -0.2) is 8.42 Å². The summed E-state index contributed by atoms with van der Waals surface area (Å²) in [6, 6.07) is 24.9. The van der Waals surface area contributed by atoms with Crippen molar-refractivity contribution in [1.82, 2.24) is 4.31 Å². The molecule has 0 aromatic heterocycles. The van der Waals surface area contributed by atoms with Gasteiger partial charge >= 0.3 is 0 Å². The lowest BCUT2D eigenvalue weighted by molar-refractivity contribution is 0.283. The third kappa shape index (κ3) is 4.94. The van der Waals surface area contributed by atoms with Gasteiger partial charge in [-0.1, -0.05) is 83.9 Å². The molecule has 0 aliphatic carbocycles. The van der Waals surface area contributed by atoms with Crippen molar-refractivity contribution >= 4 is 21.4 Å². The van der Waals surface area contributed by atoms with Crippen LogP contribution in [0.3, 0.4) is 0 Å². The first-order valence-corrected chi connectivity index (χ1v) is 12.1. The van der Waals surface area contributed by atoms with Crippen LogP contribution in [-0.4, -0.2) is 25.9 Å². The Bertz CT molecular complexity index is 1230. The molecular formula is C27H27NO3S. The van der Waals surface area contributed by atoms with E-state index in [9.17, 15) is 8.42 Å². The fourth-order valence-corrected chi connectivity index (χ4v) is 4.85. The SMILES string of the molecule is Cc1ccc(/C2=C/N(S(=O)(=O)c3ccc(C)cc3)C/C=C(/c3ccccc3)CCO2)cc1. The van der Waals surface area contributed by atoms with E-state index >= 15 is 0 Å². The maximum atomic E-state index is 13.5. The first kappa shape index (κ1) is 21.9. The van der Waals surface area contributed by atoms with E-state index < -0.39 is 10.0 Å². The smallest absolute Gasteiger partial charge is 0.264 e. The Kier molecular flexibility index (Phi) is 6.47. The van der Waals surface area contributed by atoms with Gasteiger partial charge in [0, 0.05) is 12.0 Å². The summed E-state index contributed by atoms with van der Waals surface area (Å²) in [5, 5.41) is 0. The predicted molar refractivity (Wildman–Crippen MR) is 129 cm³/mol. The number of benzene rings is 3. The normalized spacial score (nSPS) is 18.2. The van der Waals surface area contributed by atoms with Gasteiger partial charge in [0.05, 0.1) is 24.2 Å². The monoisotopic (exact) mass is 445 g/mol. The van der Waals surface area contributed by atoms with E-state index in [0.717, 1.165) is 27.8 Å². The van der Waals surface area contributed by atoms with Crippen molar-refractivity contribution in [2.75, 3.05) is 13.2 Å². The Labute approximate surface area is 190 Å². The topological polar surface area (TPSA) is 46.6 Å². The van der Waals surface area contributed by atoms with Gasteiger partial charge in [0.15, 0.2) is 0 Å². The number of ether oxygens (including phenoxy) is 1. The molecule has 3 aromatic rings. The summed E-state index contributed by atoms with van der Waals surface area (Å²) >= 11 is 0. The van der Waals surface area contributed by atoms with Gasteiger partial charge in [0.25, 0.3) is 10.0 Å². The average molecular weight is 446 g/mol. The van der Waals surface area contributed by atoms with Crippen LogP contribution in [0.2, 0.25) is 0 Å². The Morgan fingerprint density at radius 1 is 0.781 bits per heavy atom. The van der Waals surface area contributed by atoms with Gasteiger partial charge < -0.3 is 4.74 Å². The lowest BCUT2D eigenvalue weighted by Crippen LogP contribution is -2.27. The van der Waals surface area contributed by atoms with Crippen LogP contribution in [-0.2, 0) is 14.8 Å². The Morgan fingerprint density at radius 3 is 2.06 bits per heavy atom. The Hall–Kier alpha value is -3.31. The Balaban J connectivity index is 1.77. The number of sulfonamides is 1. The van der Waals surface area contributed by atoms with E-state index in [4.69, 9.17) is 4.74 Å². The highest BCUT2D eigenvalue weighted by atomic mass is 32.2. The fourth-order valence-electron chi connectivity index (χ4n) is 3.60. The van der Waals surface area contributed by atoms with Crippen LogP contribution in [0.1, 0.15) is 28.7 Å². The second kappa shape index (κ2) is 9.45. The molecule has 0 spiro atoms. The van der Waals surface area contributed by atoms with Crippen LogP contribution in [0.5, 0.6) is 0 Å². The van der Waals surface area contributed by atoms with Crippen molar-refractivity contribution in [2.24, 2.45) is 0 Å². The zero-order valence-corrected chi connectivity index (χ0v) is 19.2. The summed E-state index contributed by atoms with van der Waals surface area (Å²) < 4.78 is 34.6. The number of nitrogens with zero attached hydrogens (tertiary/aromatic N) is 1. The number of hydrogen-bond donors (Lipinski definition) is 0. The average Bonchev–Trinajstić information content (AvgIpc) is 2.91. The van der Waals surface area contributed by atoms with Crippen LogP contribution in [0.25, 0.3) is 11.3 Å². The Morgan fingerprint density at radius 2 is 1.41 bits per heavy atom. The van der Waals surface area contributed by atoms with Crippen molar-refractivity contribution in [2.45, 2.75) is 25.2 Å². The van der Waals surface area contributed by atoms with Gasteiger partial charge in [0.1, 0.15) is 5.76 Å². The molecule has 0 saturated carbocycles. The van der Waals surface area contributed by atoms with Crippen LogP contribution in [0, 0.1) is 13.8 Å². The van der Waals surface area contributed by atoms with E-state index in [1.165, 1.54) is 4.31 Å². The molecule has 0 radical (unpaired) electrons. The second-order valence-electron chi connectivity index (χ2n) is 7.94.